The molecule has 0 aromatic carbocycles. The van der Waals surface area contributed by atoms with Gasteiger partial charge in [-0.25, -0.2) is 14.4 Å². The minimum absolute atomic E-state index is 0.0922. The Morgan fingerprint density at radius 2 is 2.03 bits per heavy atom. The van der Waals surface area contributed by atoms with Gasteiger partial charge in [0.05, 0.1) is 5.56 Å². The van der Waals surface area contributed by atoms with Gasteiger partial charge >= 0.3 is 0 Å². The van der Waals surface area contributed by atoms with Crippen molar-refractivity contribution in [2.45, 2.75) is 64.3 Å². The molecular weight excluding hydrogens is 457 g/mol. The summed E-state index contributed by atoms with van der Waals surface area (Å²) in [7, 11) is 3.30. The smallest absolute Gasteiger partial charge is 0.273 e. The van der Waals surface area contributed by atoms with Gasteiger partial charge in [0.25, 0.3) is 5.91 Å². The van der Waals surface area contributed by atoms with Gasteiger partial charge < -0.3 is 20.1 Å². The number of amides is 1. The number of carbonyl (C=O) groups is 1. The van der Waals surface area contributed by atoms with E-state index in [2.05, 4.69) is 51.5 Å². The second kappa shape index (κ2) is 10.0. The zero-order valence-corrected chi connectivity index (χ0v) is 21.6. The topological polar surface area (TPSA) is 77.8 Å². The molecule has 1 fully saturated rings. The zero-order valence-electron chi connectivity index (χ0n) is 21.6. The molecule has 0 bridgehead atoms. The van der Waals surface area contributed by atoms with Crippen molar-refractivity contribution in [1.29, 1.82) is 0 Å². The molecule has 3 aliphatic rings. The molecule has 36 heavy (non-hydrogen) atoms. The second-order valence-corrected chi connectivity index (χ2v) is 10.4. The van der Waals surface area contributed by atoms with Gasteiger partial charge in [0.2, 0.25) is 0 Å². The zero-order chi connectivity index (χ0) is 25.4. The summed E-state index contributed by atoms with van der Waals surface area (Å²) in [5.41, 5.74) is 2.91. The van der Waals surface area contributed by atoms with E-state index in [1.54, 1.807) is 14.1 Å². The van der Waals surface area contributed by atoms with Gasteiger partial charge in [-0.3, -0.25) is 9.69 Å². The molecule has 0 saturated heterocycles. The van der Waals surface area contributed by atoms with Crippen LogP contribution in [0.5, 0.6) is 0 Å². The predicted molar refractivity (Wildman–Crippen MR) is 142 cm³/mol. The first-order valence-corrected chi connectivity index (χ1v) is 12.9. The van der Waals surface area contributed by atoms with Crippen LogP contribution in [-0.2, 0) is 0 Å². The van der Waals surface area contributed by atoms with Crippen molar-refractivity contribution in [3.8, 4) is 0 Å². The SMILES string of the molecule is CC(C)N1CC=C(c2ccc(NC3N=Cc4c(F)c(C(=O)N(C)C)n(C5CCCC5)c4N3)nc2)CC1. The van der Waals surface area contributed by atoms with Crippen LogP contribution in [0.1, 0.15) is 73.6 Å². The number of nitrogens with one attached hydrogen (secondary N) is 2. The lowest BCUT2D eigenvalue weighted by molar-refractivity contribution is 0.0810. The summed E-state index contributed by atoms with van der Waals surface area (Å²) in [6, 6.07) is 4.68. The van der Waals surface area contributed by atoms with Crippen LogP contribution in [0.25, 0.3) is 5.57 Å². The van der Waals surface area contributed by atoms with E-state index in [9.17, 15) is 4.79 Å². The quantitative estimate of drug-likeness (QED) is 0.616. The standard InChI is InChI=1S/C27H36FN7O/c1-17(2)34-13-11-18(12-14-34)19-9-10-22(29-15-19)31-27-30-16-21-23(28)24(26(36)33(3)4)35(25(21)32-27)20-7-5-6-8-20/h9-11,15-17,20,27,32H,5-8,12-14H2,1-4H3,(H,29,31). The summed E-state index contributed by atoms with van der Waals surface area (Å²) in [6.07, 6.45) is 10.2. The highest BCUT2D eigenvalue weighted by atomic mass is 19.1. The number of anilines is 2. The van der Waals surface area contributed by atoms with E-state index in [1.807, 2.05) is 16.8 Å². The molecule has 192 valence electrons. The average molecular weight is 494 g/mol. The first kappa shape index (κ1) is 24.5. The molecule has 2 aromatic rings. The molecule has 0 spiro atoms. The average Bonchev–Trinajstić information content (AvgIpc) is 3.50. The molecule has 8 nitrogen and oxygen atoms in total. The maximum atomic E-state index is 15.4. The third-order valence-corrected chi connectivity index (χ3v) is 7.50. The number of carbonyl (C=O) groups excluding carboxylic acids is 1. The first-order valence-electron chi connectivity index (χ1n) is 12.9. The lowest BCUT2D eigenvalue weighted by atomic mass is 10.0. The van der Waals surface area contributed by atoms with Gasteiger partial charge in [0, 0.05) is 51.7 Å². The molecule has 0 radical (unpaired) electrons. The van der Waals surface area contributed by atoms with Gasteiger partial charge in [-0.2, -0.15) is 0 Å². The van der Waals surface area contributed by atoms with Crippen molar-refractivity contribution in [3.63, 3.8) is 0 Å². The van der Waals surface area contributed by atoms with E-state index < -0.39 is 12.1 Å². The van der Waals surface area contributed by atoms with Crippen molar-refractivity contribution in [2.75, 3.05) is 37.8 Å². The summed E-state index contributed by atoms with van der Waals surface area (Å²) in [6.45, 7) is 6.48. The summed E-state index contributed by atoms with van der Waals surface area (Å²) in [5, 5.41) is 6.62. The Morgan fingerprint density at radius 1 is 1.25 bits per heavy atom. The van der Waals surface area contributed by atoms with E-state index in [0.29, 0.717) is 23.2 Å². The number of rotatable bonds is 6. The highest BCUT2D eigenvalue weighted by Gasteiger charge is 2.34. The molecule has 9 heteroatoms. The monoisotopic (exact) mass is 493 g/mol. The molecule has 1 aliphatic carbocycles. The third-order valence-electron chi connectivity index (χ3n) is 7.50. The number of halogens is 1. The van der Waals surface area contributed by atoms with Crippen LogP contribution < -0.4 is 10.6 Å². The van der Waals surface area contributed by atoms with Crippen LogP contribution in [0, 0.1) is 5.82 Å². The van der Waals surface area contributed by atoms with Crippen molar-refractivity contribution in [1.82, 2.24) is 19.4 Å². The highest BCUT2D eigenvalue weighted by molar-refractivity contribution is 5.99. The number of fused-ring (bicyclic) bond motifs is 1. The summed E-state index contributed by atoms with van der Waals surface area (Å²) in [5.74, 6) is 0.445. The molecule has 5 rings (SSSR count). The fourth-order valence-corrected chi connectivity index (χ4v) is 5.39. The lowest BCUT2D eigenvalue weighted by Gasteiger charge is -2.29. The summed E-state index contributed by atoms with van der Waals surface area (Å²) in [4.78, 5) is 25.9. The normalized spacial score (nSPS) is 20.3. The second-order valence-electron chi connectivity index (χ2n) is 10.4. The molecule has 2 N–H and O–H groups in total. The lowest BCUT2D eigenvalue weighted by Crippen LogP contribution is -2.34. The Morgan fingerprint density at radius 3 is 2.64 bits per heavy atom. The number of aromatic nitrogens is 2. The number of pyridine rings is 1. The Labute approximate surface area is 212 Å². The highest BCUT2D eigenvalue weighted by Crippen LogP contribution is 2.39. The molecule has 1 saturated carbocycles. The summed E-state index contributed by atoms with van der Waals surface area (Å²) < 4.78 is 17.3. The number of hydrogen-bond acceptors (Lipinski definition) is 6. The van der Waals surface area contributed by atoms with Crippen LogP contribution in [0.2, 0.25) is 0 Å². The van der Waals surface area contributed by atoms with E-state index in [1.165, 1.54) is 16.7 Å². The van der Waals surface area contributed by atoms with Crippen LogP contribution in [-0.4, -0.2) is 71.0 Å². The van der Waals surface area contributed by atoms with Crippen molar-refractivity contribution in [3.05, 3.63) is 47.0 Å². The molecule has 2 aromatic heterocycles. The van der Waals surface area contributed by atoms with E-state index >= 15 is 4.39 Å². The minimum atomic E-state index is -0.513. The Balaban J connectivity index is 1.34. The fourth-order valence-electron chi connectivity index (χ4n) is 5.39. The fraction of sp³-hybridized carbons (Fsp3) is 0.519. The van der Waals surface area contributed by atoms with E-state index in [0.717, 1.165) is 50.8 Å². The van der Waals surface area contributed by atoms with E-state index in [-0.39, 0.29) is 17.6 Å². The van der Waals surface area contributed by atoms with Gasteiger partial charge in [0.1, 0.15) is 17.3 Å². The molecule has 2 aliphatic heterocycles. The van der Waals surface area contributed by atoms with Gasteiger partial charge in [-0.15, -0.1) is 0 Å². The Bertz CT molecular complexity index is 1180. The predicted octanol–water partition coefficient (Wildman–Crippen LogP) is 4.58. The minimum Gasteiger partial charge on any atom is -0.343 e. The number of hydrogen-bond donors (Lipinski definition) is 2. The molecular formula is C27H36FN7O. The molecule has 4 heterocycles. The van der Waals surface area contributed by atoms with Crippen LogP contribution in [0.4, 0.5) is 16.0 Å². The van der Waals surface area contributed by atoms with Crippen LogP contribution in [0.3, 0.4) is 0 Å². The Hall–Kier alpha value is -3.20. The van der Waals surface area contributed by atoms with Gasteiger partial charge in [0.15, 0.2) is 12.1 Å². The van der Waals surface area contributed by atoms with Gasteiger partial charge in [-0.1, -0.05) is 18.9 Å². The maximum Gasteiger partial charge on any atom is 0.273 e. The largest absolute Gasteiger partial charge is 0.343 e. The molecule has 1 atom stereocenters. The third kappa shape index (κ3) is 4.64. The first-order chi connectivity index (χ1) is 17.3. The van der Waals surface area contributed by atoms with E-state index in [4.69, 9.17) is 0 Å². The van der Waals surface area contributed by atoms with Crippen LogP contribution in [0.15, 0.2) is 29.4 Å². The molecule has 1 unspecified atom stereocenters. The van der Waals surface area contributed by atoms with Crippen molar-refractivity contribution >= 4 is 29.3 Å². The van der Waals surface area contributed by atoms with Gasteiger partial charge in [-0.05, 0) is 56.4 Å². The summed E-state index contributed by atoms with van der Waals surface area (Å²) >= 11 is 0. The van der Waals surface area contributed by atoms with Crippen LogP contribution >= 0.6 is 0 Å². The Kier molecular flexibility index (Phi) is 6.83. The molecule has 1 amide bonds. The van der Waals surface area contributed by atoms with Crippen molar-refractivity contribution in [2.24, 2.45) is 4.99 Å². The number of aliphatic imine (C=N–C) groups is 1. The van der Waals surface area contributed by atoms with Crippen molar-refractivity contribution < 1.29 is 9.18 Å². The maximum absolute atomic E-state index is 15.4. The number of nitrogens with zero attached hydrogens (tertiary/aromatic N) is 5.